The van der Waals surface area contributed by atoms with Gasteiger partial charge < -0.3 is 70.1 Å². The number of ether oxygens (including phenoxy) is 6. The van der Waals surface area contributed by atoms with Crippen molar-refractivity contribution < 1.29 is 83.5 Å². The molecule has 3 aromatic carbocycles. The zero-order chi connectivity index (χ0) is 85.9. The number of amides is 6. The first-order valence-corrected chi connectivity index (χ1v) is 40.8. The van der Waals surface area contributed by atoms with Crippen LogP contribution in [0.25, 0.3) is 11.3 Å². The molecule has 0 bridgehead atoms. The summed E-state index contributed by atoms with van der Waals surface area (Å²) in [5.41, 5.74) is 2.73. The van der Waals surface area contributed by atoms with E-state index in [4.69, 9.17) is 28.4 Å². The molecule has 0 spiro atoms. The van der Waals surface area contributed by atoms with Crippen molar-refractivity contribution in [2.24, 2.45) is 0 Å². The minimum Gasteiger partial charge on any atom is -0.379 e. The molecule has 2 saturated heterocycles. The molecule has 0 radical (unpaired) electrons. The maximum absolute atomic E-state index is 14.5. The highest BCUT2D eigenvalue weighted by atomic mass is 19.4. The molecule has 0 atom stereocenters. The van der Waals surface area contributed by atoms with E-state index in [1.54, 1.807) is 101 Å². The van der Waals surface area contributed by atoms with Crippen LogP contribution < -0.4 is 31.9 Å². The number of carbonyl (C=O) groups is 6. The van der Waals surface area contributed by atoms with Gasteiger partial charge in [0.05, 0.1) is 76.4 Å². The van der Waals surface area contributed by atoms with Crippen molar-refractivity contribution in [2.75, 3.05) is 182 Å². The summed E-state index contributed by atoms with van der Waals surface area (Å²) in [5.74, 6) is 10.3. The number of halogens is 6. The number of benzene rings is 3. The van der Waals surface area contributed by atoms with Crippen LogP contribution >= 0.6 is 0 Å². The van der Waals surface area contributed by atoms with Crippen LogP contribution in [-0.4, -0.2) is 255 Å². The van der Waals surface area contributed by atoms with Gasteiger partial charge in [0.25, 0.3) is 11.8 Å². The van der Waals surface area contributed by atoms with E-state index in [1.165, 1.54) is 36.4 Å². The summed E-state index contributed by atoms with van der Waals surface area (Å²) in [6.45, 7) is 15.9. The number of rotatable bonds is 48. The number of aryl methyl sites for hydroxylation is 1. The summed E-state index contributed by atoms with van der Waals surface area (Å²) in [6.07, 6.45) is 8.89. The third-order valence-corrected chi connectivity index (χ3v) is 19.5. The van der Waals surface area contributed by atoms with Crippen molar-refractivity contribution in [1.29, 1.82) is 0 Å². The maximum Gasteiger partial charge on any atom is 0.416 e. The molecule has 0 unspecified atom stereocenters. The fourth-order valence-electron chi connectivity index (χ4n) is 12.8. The van der Waals surface area contributed by atoms with Crippen LogP contribution in [0.2, 0.25) is 0 Å². The predicted molar refractivity (Wildman–Crippen MR) is 443 cm³/mol. The number of allylic oxidation sites excluding steroid dienone is 4. The molecular formula is C87H108F6N16O12. The van der Waals surface area contributed by atoms with Gasteiger partial charge in [-0.05, 0) is 153 Å². The summed E-state index contributed by atoms with van der Waals surface area (Å²) in [7, 11) is 0. The highest BCUT2D eigenvalue weighted by Crippen LogP contribution is 2.37. The smallest absolute Gasteiger partial charge is 0.379 e. The first-order valence-electron chi connectivity index (χ1n) is 40.8. The number of imidazole rings is 2. The molecule has 6 heterocycles. The van der Waals surface area contributed by atoms with Gasteiger partial charge in [0.15, 0.2) is 11.3 Å². The van der Waals surface area contributed by atoms with Crippen LogP contribution in [0.1, 0.15) is 120 Å². The lowest BCUT2D eigenvalue weighted by Gasteiger charge is -2.35. The first kappa shape index (κ1) is 94.1. The SMILES string of the molecule is C/C=C/C=C(\C=C\C#Cc1cnc2cccnn12)C(=O)Nc1ccc(CN2CCN(CCC(=O)NCCCOCCOCCOCCCNC(=O)CCCC(=O)NCCCOCCOCCOCCCNC(=O)CCN3CCN(Cc4ccc(NC(=O)c5ccc(C)c(C#Cc6cnc7cccnn67)c5)cc4C(F)(F)F)CC3)CC2)c(C(F)(F)F)c1. The highest BCUT2D eigenvalue weighted by Gasteiger charge is 2.36. The second kappa shape index (κ2) is 51.1. The van der Waals surface area contributed by atoms with Gasteiger partial charge in [0.2, 0.25) is 23.6 Å². The minimum absolute atomic E-state index is 0.000740. The van der Waals surface area contributed by atoms with Crippen LogP contribution in [0.15, 0.2) is 140 Å². The lowest BCUT2D eigenvalue weighted by Crippen LogP contribution is -2.47. The first-order chi connectivity index (χ1) is 58.6. The summed E-state index contributed by atoms with van der Waals surface area (Å²) in [6, 6.07) is 19.7. The fourth-order valence-corrected chi connectivity index (χ4v) is 12.8. The van der Waals surface area contributed by atoms with E-state index in [9.17, 15) is 55.1 Å². The summed E-state index contributed by atoms with van der Waals surface area (Å²) in [5, 5.41) is 25.2. The monoisotopic (exact) mass is 1680 g/mol. The van der Waals surface area contributed by atoms with Crippen molar-refractivity contribution in [3.8, 4) is 23.7 Å². The number of carbonyl (C=O) groups excluding carboxylic acids is 6. The molecule has 6 N–H and O–H groups in total. The molecule has 28 nitrogen and oxygen atoms in total. The summed E-state index contributed by atoms with van der Waals surface area (Å²) >= 11 is 0. The number of nitrogens with zero attached hydrogens (tertiary/aromatic N) is 10. The second-order valence-electron chi connectivity index (χ2n) is 28.6. The Morgan fingerprint density at radius 2 is 0.901 bits per heavy atom. The molecule has 6 amide bonds. The zero-order valence-corrected chi connectivity index (χ0v) is 68.5. The minimum atomic E-state index is -4.66. The third kappa shape index (κ3) is 34.0. The zero-order valence-electron chi connectivity index (χ0n) is 68.5. The number of hydrogen-bond acceptors (Lipinski definition) is 20. The van der Waals surface area contributed by atoms with Gasteiger partial charge in [0, 0.05) is 197 Å². The number of anilines is 2. The van der Waals surface area contributed by atoms with Crippen LogP contribution in [0.3, 0.4) is 0 Å². The molecule has 2 aliphatic heterocycles. The number of nitrogens with one attached hydrogen (secondary N) is 6. The Hall–Kier alpha value is -10.8. The highest BCUT2D eigenvalue weighted by molar-refractivity contribution is 6.06. The molecule has 2 fully saturated rings. The molecule has 34 heteroatoms. The predicted octanol–water partition coefficient (Wildman–Crippen LogP) is 8.83. The Morgan fingerprint density at radius 3 is 1.35 bits per heavy atom. The lowest BCUT2D eigenvalue weighted by molar-refractivity contribution is -0.139. The van der Waals surface area contributed by atoms with Gasteiger partial charge in [0.1, 0.15) is 11.4 Å². The molecular weight excluding hydrogens is 1580 g/mol. The van der Waals surface area contributed by atoms with E-state index in [-0.39, 0.29) is 96.0 Å². The molecule has 2 aliphatic rings. The maximum atomic E-state index is 14.5. The summed E-state index contributed by atoms with van der Waals surface area (Å²) < 4.78 is 124. The van der Waals surface area contributed by atoms with Gasteiger partial charge in [-0.15, -0.1) is 0 Å². The largest absolute Gasteiger partial charge is 0.416 e. The van der Waals surface area contributed by atoms with E-state index < -0.39 is 35.3 Å². The van der Waals surface area contributed by atoms with E-state index in [2.05, 4.69) is 85.5 Å². The molecule has 650 valence electrons. The Bertz CT molecular complexity index is 4710. The normalized spacial score (nSPS) is 13.9. The van der Waals surface area contributed by atoms with Crippen LogP contribution in [0.4, 0.5) is 37.7 Å². The molecule has 9 rings (SSSR count). The number of aromatic nitrogens is 6. The van der Waals surface area contributed by atoms with E-state index in [0.717, 1.165) is 17.7 Å². The van der Waals surface area contributed by atoms with Gasteiger partial charge >= 0.3 is 12.4 Å². The van der Waals surface area contributed by atoms with Gasteiger partial charge in [-0.1, -0.05) is 42.2 Å². The van der Waals surface area contributed by atoms with Crippen molar-refractivity contribution in [3.05, 3.63) is 190 Å². The Balaban J connectivity index is 0.483. The molecule has 7 aromatic rings. The van der Waals surface area contributed by atoms with Gasteiger partial charge in [-0.3, -0.25) is 38.6 Å². The average Bonchev–Trinajstić information content (AvgIpc) is 1.30. The molecule has 0 saturated carbocycles. The molecule has 0 aliphatic carbocycles. The van der Waals surface area contributed by atoms with Crippen LogP contribution in [0.5, 0.6) is 0 Å². The molecule has 121 heavy (non-hydrogen) atoms. The van der Waals surface area contributed by atoms with Crippen molar-refractivity contribution in [2.45, 2.75) is 97.1 Å². The Labute approximate surface area is 700 Å². The van der Waals surface area contributed by atoms with E-state index in [1.807, 2.05) is 16.7 Å². The van der Waals surface area contributed by atoms with Crippen molar-refractivity contribution in [3.63, 3.8) is 0 Å². The topological polar surface area (TPSA) is 303 Å². The lowest BCUT2D eigenvalue weighted by atomic mass is 10.0. The fraction of sp³-hybridized carbons (Fsp3) is 0.471. The van der Waals surface area contributed by atoms with Crippen molar-refractivity contribution in [1.82, 2.24) is 70.1 Å². The van der Waals surface area contributed by atoms with Gasteiger partial charge in [-0.2, -0.15) is 36.5 Å². The quantitative estimate of drug-likeness (QED) is 0.00682. The van der Waals surface area contributed by atoms with E-state index in [0.29, 0.717) is 231 Å². The van der Waals surface area contributed by atoms with Crippen LogP contribution in [-0.2, 0) is 77.8 Å². The summed E-state index contributed by atoms with van der Waals surface area (Å²) in [4.78, 5) is 93.1. The number of hydrogen-bond donors (Lipinski definition) is 6. The van der Waals surface area contributed by atoms with Gasteiger partial charge in [-0.25, -0.2) is 19.0 Å². The Morgan fingerprint density at radius 1 is 0.479 bits per heavy atom. The Kier molecular flexibility index (Phi) is 39.7. The second-order valence-corrected chi connectivity index (χ2v) is 28.6. The standard InChI is InChI=1S/C87H108F6N16O12/c1-3-4-14-67(15-5-6-16-74-62-98-78-17-8-35-100-108(74)78)84(114)102-72-26-23-70(76(60-72)86(88,89)90)64-106-43-39-104(40-44-106)37-29-82(112)96-33-12-49-118-53-57-120-55-51-116-47-10-31-94-80(110)19-7-20-81(111)95-32-11-48-117-52-56-121-58-54-119-50-13-34-97-83(113)30-38-105-41-45-107(46-42-105)65-71-24-27-73(61-77(71)87(91,92)93)103-85(115)69-22-21-66(2)68(59-69)25-28-75-63-99-79-18-9-36-101-109(75)79/h3-5,8-9,14-15,17-18,21-24,26-27,35-36,59-63H,7,10-13,19-20,29-34,37-58,64-65H2,1-2H3,(H,94,110)(H,95,111)(H,96,112)(H,97,113)(H,102,114)(H,103,115)/b4-3+,15-5+,67-14+. The van der Waals surface area contributed by atoms with E-state index >= 15 is 0 Å². The van der Waals surface area contributed by atoms with Crippen LogP contribution in [0, 0.1) is 30.6 Å². The third-order valence-electron chi connectivity index (χ3n) is 19.5. The number of alkyl halides is 6. The number of piperazine rings is 2. The molecule has 4 aromatic heterocycles. The average molecular weight is 1680 g/mol. The van der Waals surface area contributed by atoms with Crippen molar-refractivity contribution >= 4 is 58.1 Å². The number of fused-ring (bicyclic) bond motifs is 2.